The van der Waals surface area contributed by atoms with Gasteiger partial charge in [-0.15, -0.1) is 0 Å². The monoisotopic (exact) mass is 273 g/mol. The van der Waals surface area contributed by atoms with Crippen LogP contribution in [0.1, 0.15) is 12.0 Å². The number of phenols is 1. The zero-order valence-corrected chi connectivity index (χ0v) is 10.8. The maximum absolute atomic E-state index is 13.1. The molecule has 6 heteroatoms. The minimum atomic E-state index is -2.93. The van der Waals surface area contributed by atoms with Crippen LogP contribution in [0.25, 0.3) is 0 Å². The Balaban J connectivity index is 2.05. The molecular formula is C12H16FNO3S. The van der Waals surface area contributed by atoms with Crippen molar-refractivity contribution in [1.29, 1.82) is 0 Å². The lowest BCUT2D eigenvalue weighted by Gasteiger charge is -2.19. The summed E-state index contributed by atoms with van der Waals surface area (Å²) in [5.41, 5.74) is 0.659. The topological polar surface area (TPSA) is 57.6 Å². The Labute approximate surface area is 106 Å². The van der Waals surface area contributed by atoms with Crippen molar-refractivity contribution in [2.75, 3.05) is 24.6 Å². The van der Waals surface area contributed by atoms with Gasteiger partial charge >= 0.3 is 0 Å². The molecule has 100 valence electrons. The number of hydrogen-bond donors (Lipinski definition) is 1. The van der Waals surface area contributed by atoms with E-state index in [4.69, 9.17) is 0 Å². The molecule has 1 saturated heterocycles. The second-order valence-electron chi connectivity index (χ2n) is 4.60. The molecule has 1 heterocycles. The Morgan fingerprint density at radius 1 is 1.22 bits per heavy atom. The molecule has 4 nitrogen and oxygen atoms in total. The van der Waals surface area contributed by atoms with Gasteiger partial charge in [-0.1, -0.05) is 0 Å². The number of hydrogen-bond acceptors (Lipinski definition) is 4. The Hall–Kier alpha value is -1.14. The molecule has 2 rings (SSSR count). The first-order valence-corrected chi connectivity index (χ1v) is 7.68. The Bertz CT molecular complexity index is 510. The average Bonchev–Trinajstić information content (AvgIpc) is 2.39. The molecule has 1 aliphatic rings. The summed E-state index contributed by atoms with van der Waals surface area (Å²) in [5.74, 6) is -0.216. The predicted octanol–water partition coefficient (Wildman–Crippen LogP) is 1.15. The van der Waals surface area contributed by atoms with Gasteiger partial charge in [-0.2, -0.15) is 0 Å². The van der Waals surface area contributed by atoms with Crippen molar-refractivity contribution >= 4 is 9.84 Å². The van der Waals surface area contributed by atoms with E-state index in [1.807, 2.05) is 4.90 Å². The van der Waals surface area contributed by atoms with E-state index in [2.05, 4.69) is 0 Å². The van der Waals surface area contributed by atoms with E-state index in [-0.39, 0.29) is 17.3 Å². The number of rotatable bonds is 2. The third-order valence-electron chi connectivity index (χ3n) is 3.00. The Kier molecular flexibility index (Phi) is 3.87. The second-order valence-corrected chi connectivity index (χ2v) is 6.90. The van der Waals surface area contributed by atoms with Crippen LogP contribution in [0.5, 0.6) is 5.75 Å². The van der Waals surface area contributed by atoms with Crippen LogP contribution in [-0.4, -0.2) is 43.0 Å². The summed E-state index contributed by atoms with van der Waals surface area (Å²) in [6.45, 7) is 1.59. The molecule has 1 aliphatic heterocycles. The van der Waals surface area contributed by atoms with Crippen molar-refractivity contribution in [3.8, 4) is 5.75 Å². The predicted molar refractivity (Wildman–Crippen MR) is 66.6 cm³/mol. The zero-order valence-electron chi connectivity index (χ0n) is 9.97. The third-order valence-corrected chi connectivity index (χ3v) is 4.71. The summed E-state index contributed by atoms with van der Waals surface area (Å²) in [6.07, 6.45) is 0.601. The van der Waals surface area contributed by atoms with E-state index in [1.165, 1.54) is 12.1 Å². The fourth-order valence-electron chi connectivity index (χ4n) is 2.13. The molecule has 0 aliphatic carbocycles. The molecule has 1 aromatic rings. The molecule has 0 bridgehead atoms. The van der Waals surface area contributed by atoms with E-state index < -0.39 is 15.7 Å². The van der Waals surface area contributed by atoms with Crippen molar-refractivity contribution in [3.05, 3.63) is 29.6 Å². The van der Waals surface area contributed by atoms with Gasteiger partial charge in [-0.25, -0.2) is 12.8 Å². The minimum Gasteiger partial charge on any atom is -0.508 e. The van der Waals surface area contributed by atoms with E-state index in [0.29, 0.717) is 31.6 Å². The van der Waals surface area contributed by atoms with Crippen molar-refractivity contribution in [3.63, 3.8) is 0 Å². The van der Waals surface area contributed by atoms with Crippen molar-refractivity contribution in [2.45, 2.75) is 13.0 Å². The van der Waals surface area contributed by atoms with Gasteiger partial charge < -0.3 is 5.11 Å². The molecule has 0 aromatic heterocycles. The van der Waals surface area contributed by atoms with Crippen LogP contribution in [0.15, 0.2) is 18.2 Å². The molecule has 1 fully saturated rings. The van der Waals surface area contributed by atoms with E-state index >= 15 is 0 Å². The van der Waals surface area contributed by atoms with Crippen LogP contribution in [0.3, 0.4) is 0 Å². The molecule has 1 N–H and O–H groups in total. The van der Waals surface area contributed by atoms with Crippen LogP contribution < -0.4 is 0 Å². The standard InChI is InChI=1S/C12H16FNO3S/c13-11-6-10(7-12(15)8-11)9-14-2-1-4-18(16,17)5-3-14/h6-8,15H,1-5,9H2. The quantitative estimate of drug-likeness (QED) is 0.878. The van der Waals surface area contributed by atoms with E-state index in [9.17, 15) is 17.9 Å². The highest BCUT2D eigenvalue weighted by molar-refractivity contribution is 7.91. The maximum Gasteiger partial charge on any atom is 0.151 e. The zero-order chi connectivity index (χ0) is 13.2. The molecule has 0 spiro atoms. The molecule has 18 heavy (non-hydrogen) atoms. The Morgan fingerprint density at radius 3 is 2.72 bits per heavy atom. The van der Waals surface area contributed by atoms with Gasteiger partial charge in [0, 0.05) is 19.2 Å². The van der Waals surface area contributed by atoms with Gasteiger partial charge in [-0.05, 0) is 30.7 Å². The Morgan fingerprint density at radius 2 is 2.00 bits per heavy atom. The molecule has 0 atom stereocenters. The van der Waals surface area contributed by atoms with E-state index in [1.54, 1.807) is 0 Å². The SMILES string of the molecule is O=S1(=O)CCCN(Cc2cc(O)cc(F)c2)CC1. The molecule has 0 saturated carbocycles. The van der Waals surface area contributed by atoms with Gasteiger partial charge in [0.15, 0.2) is 9.84 Å². The minimum absolute atomic E-state index is 0.104. The lowest BCUT2D eigenvalue weighted by molar-refractivity contribution is 0.286. The van der Waals surface area contributed by atoms with Crippen LogP contribution in [0, 0.1) is 5.82 Å². The molecular weight excluding hydrogens is 257 g/mol. The normalized spacial score (nSPS) is 20.5. The average molecular weight is 273 g/mol. The highest BCUT2D eigenvalue weighted by atomic mass is 32.2. The number of nitrogens with zero attached hydrogens (tertiary/aromatic N) is 1. The van der Waals surface area contributed by atoms with Crippen molar-refractivity contribution in [1.82, 2.24) is 4.90 Å². The number of sulfone groups is 1. The van der Waals surface area contributed by atoms with Gasteiger partial charge in [0.2, 0.25) is 0 Å². The number of phenolic OH excluding ortho intramolecular Hbond substituents is 1. The van der Waals surface area contributed by atoms with Gasteiger partial charge in [-0.3, -0.25) is 4.90 Å². The largest absolute Gasteiger partial charge is 0.508 e. The fraction of sp³-hybridized carbons (Fsp3) is 0.500. The van der Waals surface area contributed by atoms with Gasteiger partial charge in [0.25, 0.3) is 0 Å². The number of benzene rings is 1. The summed E-state index contributed by atoms with van der Waals surface area (Å²) in [7, 11) is -2.93. The fourth-order valence-corrected chi connectivity index (χ4v) is 3.44. The number of aromatic hydroxyl groups is 1. The van der Waals surface area contributed by atoms with Crippen molar-refractivity contribution < 1.29 is 17.9 Å². The van der Waals surface area contributed by atoms with E-state index in [0.717, 1.165) is 6.07 Å². The summed E-state index contributed by atoms with van der Waals surface area (Å²) < 4.78 is 36.0. The van der Waals surface area contributed by atoms with Crippen LogP contribution >= 0.6 is 0 Å². The first-order chi connectivity index (χ1) is 8.44. The van der Waals surface area contributed by atoms with Crippen LogP contribution in [0.4, 0.5) is 4.39 Å². The second kappa shape index (κ2) is 5.24. The molecule has 0 amide bonds. The first-order valence-electron chi connectivity index (χ1n) is 5.86. The van der Waals surface area contributed by atoms with Crippen LogP contribution in [-0.2, 0) is 16.4 Å². The summed E-state index contributed by atoms with van der Waals surface area (Å²) in [4.78, 5) is 1.97. The molecule has 0 unspecified atom stereocenters. The summed E-state index contributed by atoms with van der Waals surface area (Å²) >= 11 is 0. The van der Waals surface area contributed by atoms with Gasteiger partial charge in [0.05, 0.1) is 11.5 Å². The summed E-state index contributed by atoms with van der Waals surface area (Å²) in [5, 5.41) is 9.31. The smallest absolute Gasteiger partial charge is 0.151 e. The molecule has 1 aromatic carbocycles. The maximum atomic E-state index is 13.1. The lowest BCUT2D eigenvalue weighted by Crippen LogP contribution is -2.26. The first kappa shape index (κ1) is 13.3. The highest BCUT2D eigenvalue weighted by Crippen LogP contribution is 2.17. The summed E-state index contributed by atoms with van der Waals surface area (Å²) in [6, 6.07) is 3.91. The highest BCUT2D eigenvalue weighted by Gasteiger charge is 2.19. The number of halogens is 1. The third kappa shape index (κ3) is 3.68. The van der Waals surface area contributed by atoms with Crippen LogP contribution in [0.2, 0.25) is 0 Å². The molecule has 0 radical (unpaired) electrons. The van der Waals surface area contributed by atoms with Crippen molar-refractivity contribution in [2.24, 2.45) is 0 Å². The van der Waals surface area contributed by atoms with Gasteiger partial charge in [0.1, 0.15) is 11.6 Å². The lowest BCUT2D eigenvalue weighted by atomic mass is 10.2.